The van der Waals surface area contributed by atoms with Gasteiger partial charge >= 0.3 is 0 Å². The molecule has 14 heavy (non-hydrogen) atoms. The quantitative estimate of drug-likeness (QED) is 0.729. The number of rotatable bonds is 3. The molecule has 0 aliphatic rings. The van der Waals surface area contributed by atoms with Crippen LogP contribution in [0.3, 0.4) is 0 Å². The van der Waals surface area contributed by atoms with Crippen LogP contribution in [0.5, 0.6) is 0 Å². The zero-order valence-corrected chi connectivity index (χ0v) is 8.99. The van der Waals surface area contributed by atoms with E-state index in [4.69, 9.17) is 5.26 Å². The molecular weight excluding hydrogens is 172 g/mol. The summed E-state index contributed by atoms with van der Waals surface area (Å²) in [5, 5.41) is 8.77. The predicted molar refractivity (Wildman–Crippen MR) is 59.3 cm³/mol. The standard InChI is InChI=1S/C12H16N2/c1-4-10(2)14(3)12-7-5-6-11(8-12)9-13/h5-8,10H,4H2,1-3H3. The highest BCUT2D eigenvalue weighted by atomic mass is 15.1. The van der Waals surface area contributed by atoms with Crippen molar-refractivity contribution in [2.24, 2.45) is 0 Å². The van der Waals surface area contributed by atoms with Crippen molar-refractivity contribution in [3.8, 4) is 6.07 Å². The van der Waals surface area contributed by atoms with Crippen LogP contribution in [-0.2, 0) is 0 Å². The smallest absolute Gasteiger partial charge is 0.0992 e. The van der Waals surface area contributed by atoms with E-state index in [2.05, 4.69) is 31.9 Å². The summed E-state index contributed by atoms with van der Waals surface area (Å²) in [4.78, 5) is 2.20. The molecule has 0 bridgehead atoms. The second-order valence-corrected chi connectivity index (χ2v) is 3.53. The molecule has 1 aromatic carbocycles. The first-order valence-corrected chi connectivity index (χ1v) is 4.92. The van der Waals surface area contributed by atoms with Crippen LogP contribution in [0, 0.1) is 11.3 Å². The minimum absolute atomic E-state index is 0.504. The summed E-state index contributed by atoms with van der Waals surface area (Å²) in [7, 11) is 2.06. The second-order valence-electron chi connectivity index (χ2n) is 3.53. The monoisotopic (exact) mass is 188 g/mol. The lowest BCUT2D eigenvalue weighted by molar-refractivity contribution is 0.664. The molecule has 0 N–H and O–H groups in total. The highest BCUT2D eigenvalue weighted by Gasteiger charge is 2.07. The molecule has 0 aromatic heterocycles. The molecule has 1 unspecified atom stereocenters. The maximum atomic E-state index is 8.77. The molecule has 0 saturated carbocycles. The van der Waals surface area contributed by atoms with Gasteiger partial charge in [0.2, 0.25) is 0 Å². The molecule has 1 rings (SSSR count). The third kappa shape index (κ3) is 2.26. The largest absolute Gasteiger partial charge is 0.372 e. The molecule has 0 saturated heterocycles. The molecule has 1 aromatic rings. The van der Waals surface area contributed by atoms with Gasteiger partial charge in [-0.1, -0.05) is 13.0 Å². The molecule has 2 heteroatoms. The SMILES string of the molecule is CCC(C)N(C)c1cccc(C#N)c1. The Morgan fingerprint density at radius 3 is 2.79 bits per heavy atom. The Bertz CT molecular complexity index is 338. The summed E-state index contributed by atoms with van der Waals surface area (Å²) in [5.74, 6) is 0. The number of benzene rings is 1. The summed E-state index contributed by atoms with van der Waals surface area (Å²) >= 11 is 0. The molecule has 1 atom stereocenters. The van der Waals surface area contributed by atoms with Gasteiger partial charge in [0.25, 0.3) is 0 Å². The first kappa shape index (κ1) is 10.6. The van der Waals surface area contributed by atoms with E-state index in [0.29, 0.717) is 6.04 Å². The van der Waals surface area contributed by atoms with Crippen molar-refractivity contribution < 1.29 is 0 Å². The fourth-order valence-electron chi connectivity index (χ4n) is 1.32. The van der Waals surface area contributed by atoms with Crippen LogP contribution in [0.2, 0.25) is 0 Å². The summed E-state index contributed by atoms with van der Waals surface area (Å²) in [6, 6.07) is 10.4. The van der Waals surface area contributed by atoms with Gasteiger partial charge in [0.05, 0.1) is 11.6 Å². The summed E-state index contributed by atoms with van der Waals surface area (Å²) in [5.41, 5.74) is 1.83. The zero-order chi connectivity index (χ0) is 10.6. The first-order chi connectivity index (χ1) is 6.69. The van der Waals surface area contributed by atoms with Crippen molar-refractivity contribution >= 4 is 5.69 Å². The van der Waals surface area contributed by atoms with E-state index in [1.807, 2.05) is 24.3 Å². The predicted octanol–water partition coefficient (Wildman–Crippen LogP) is 2.79. The van der Waals surface area contributed by atoms with Gasteiger partial charge in [-0.15, -0.1) is 0 Å². The number of anilines is 1. The van der Waals surface area contributed by atoms with E-state index in [1.54, 1.807) is 0 Å². The van der Waals surface area contributed by atoms with Crippen molar-refractivity contribution in [1.82, 2.24) is 0 Å². The van der Waals surface area contributed by atoms with Gasteiger partial charge in [0.1, 0.15) is 0 Å². The van der Waals surface area contributed by atoms with Crippen LogP contribution in [0.1, 0.15) is 25.8 Å². The maximum absolute atomic E-state index is 8.77. The van der Waals surface area contributed by atoms with Crippen LogP contribution < -0.4 is 4.90 Å². The van der Waals surface area contributed by atoms with Crippen LogP contribution >= 0.6 is 0 Å². The average molecular weight is 188 g/mol. The summed E-state index contributed by atoms with van der Waals surface area (Å²) < 4.78 is 0. The van der Waals surface area contributed by atoms with Crippen molar-refractivity contribution in [2.45, 2.75) is 26.3 Å². The summed E-state index contributed by atoms with van der Waals surface area (Å²) in [6.45, 7) is 4.34. The molecule has 0 fully saturated rings. The third-order valence-electron chi connectivity index (χ3n) is 2.63. The molecule has 74 valence electrons. The van der Waals surface area contributed by atoms with Gasteiger partial charge in [-0.05, 0) is 31.5 Å². The number of nitriles is 1. The van der Waals surface area contributed by atoms with E-state index >= 15 is 0 Å². The Morgan fingerprint density at radius 1 is 1.50 bits per heavy atom. The fraction of sp³-hybridized carbons (Fsp3) is 0.417. The topological polar surface area (TPSA) is 27.0 Å². The fourth-order valence-corrected chi connectivity index (χ4v) is 1.32. The Hall–Kier alpha value is -1.49. The van der Waals surface area contributed by atoms with Crippen molar-refractivity contribution in [2.75, 3.05) is 11.9 Å². The van der Waals surface area contributed by atoms with Crippen molar-refractivity contribution in [3.63, 3.8) is 0 Å². The number of hydrogen-bond acceptors (Lipinski definition) is 2. The molecule has 0 spiro atoms. The minimum Gasteiger partial charge on any atom is -0.372 e. The molecule has 0 amide bonds. The van der Waals surface area contributed by atoms with Crippen LogP contribution in [-0.4, -0.2) is 13.1 Å². The van der Waals surface area contributed by atoms with Gasteiger partial charge in [0.15, 0.2) is 0 Å². The lowest BCUT2D eigenvalue weighted by Crippen LogP contribution is -2.27. The molecule has 0 heterocycles. The summed E-state index contributed by atoms with van der Waals surface area (Å²) in [6.07, 6.45) is 1.10. The van der Waals surface area contributed by atoms with Crippen molar-refractivity contribution in [3.05, 3.63) is 29.8 Å². The Labute approximate surface area is 85.8 Å². The van der Waals surface area contributed by atoms with Crippen molar-refractivity contribution in [1.29, 1.82) is 5.26 Å². The third-order valence-corrected chi connectivity index (χ3v) is 2.63. The van der Waals surface area contributed by atoms with E-state index < -0.39 is 0 Å². The Morgan fingerprint density at radius 2 is 2.21 bits per heavy atom. The van der Waals surface area contributed by atoms with E-state index in [9.17, 15) is 0 Å². The molecule has 0 aliphatic heterocycles. The highest BCUT2D eigenvalue weighted by Crippen LogP contribution is 2.17. The van der Waals surface area contributed by atoms with Crippen LogP contribution in [0.25, 0.3) is 0 Å². The molecule has 0 aliphatic carbocycles. The average Bonchev–Trinajstić information content (AvgIpc) is 2.27. The van der Waals surface area contributed by atoms with E-state index in [0.717, 1.165) is 17.7 Å². The Balaban J connectivity index is 2.91. The normalized spacial score (nSPS) is 11.9. The zero-order valence-electron chi connectivity index (χ0n) is 8.99. The second kappa shape index (κ2) is 4.66. The molecule has 2 nitrogen and oxygen atoms in total. The molecule has 0 radical (unpaired) electrons. The van der Waals surface area contributed by atoms with Gasteiger partial charge in [-0.3, -0.25) is 0 Å². The molecular formula is C12H16N2. The Kier molecular flexibility index (Phi) is 3.53. The van der Waals surface area contributed by atoms with E-state index in [1.165, 1.54) is 0 Å². The van der Waals surface area contributed by atoms with Gasteiger partial charge in [0, 0.05) is 18.8 Å². The van der Waals surface area contributed by atoms with Gasteiger partial charge in [-0.25, -0.2) is 0 Å². The van der Waals surface area contributed by atoms with Gasteiger partial charge in [-0.2, -0.15) is 5.26 Å². The number of hydrogen-bond donors (Lipinski definition) is 0. The van der Waals surface area contributed by atoms with Crippen LogP contribution in [0.4, 0.5) is 5.69 Å². The van der Waals surface area contributed by atoms with Crippen LogP contribution in [0.15, 0.2) is 24.3 Å². The van der Waals surface area contributed by atoms with E-state index in [-0.39, 0.29) is 0 Å². The maximum Gasteiger partial charge on any atom is 0.0992 e. The highest BCUT2D eigenvalue weighted by molar-refractivity contribution is 5.51. The first-order valence-electron chi connectivity index (χ1n) is 4.92. The lowest BCUT2D eigenvalue weighted by atomic mass is 10.1. The minimum atomic E-state index is 0.504. The number of nitrogens with zero attached hydrogens (tertiary/aromatic N) is 2. The lowest BCUT2D eigenvalue weighted by Gasteiger charge is -2.26. The van der Waals surface area contributed by atoms with Gasteiger partial charge < -0.3 is 4.90 Å².